The number of nitrogens with one attached hydrogen (secondary N) is 1. The normalized spacial score (nSPS) is 10.9. The number of aryl methyl sites for hydroxylation is 1. The molecule has 2 aromatic rings. The summed E-state index contributed by atoms with van der Waals surface area (Å²) in [5.74, 6) is 0.980. The van der Waals surface area contributed by atoms with Crippen molar-refractivity contribution in [2.45, 2.75) is 32.9 Å². The topological polar surface area (TPSA) is 30.1 Å². The molecule has 0 amide bonds. The number of hydrogen-bond acceptors (Lipinski definition) is 2. The highest BCUT2D eigenvalue weighted by molar-refractivity contribution is 5.16. The quantitative estimate of drug-likeness (QED) is 0.830. The van der Waals surface area contributed by atoms with Crippen molar-refractivity contribution in [2.75, 3.05) is 0 Å². The Hall–Kier alpha value is -1.48. The first kappa shape index (κ1) is 12.0. The van der Waals surface area contributed by atoms with Gasteiger partial charge in [-0.1, -0.05) is 13.3 Å². The third-order valence-electron chi connectivity index (χ3n) is 3.02. The molecule has 2 rings (SSSR count). The second kappa shape index (κ2) is 5.73. The van der Waals surface area contributed by atoms with E-state index in [0.29, 0.717) is 0 Å². The van der Waals surface area contributed by atoms with Crippen molar-refractivity contribution in [3.05, 3.63) is 47.7 Å². The van der Waals surface area contributed by atoms with E-state index >= 15 is 0 Å². The molecule has 0 aliphatic carbocycles. The van der Waals surface area contributed by atoms with E-state index in [1.807, 2.05) is 12.1 Å². The fourth-order valence-electron chi connectivity index (χ4n) is 2.01. The average Bonchev–Trinajstić information content (AvgIpc) is 2.94. The van der Waals surface area contributed by atoms with Gasteiger partial charge in [0.05, 0.1) is 12.8 Å². The van der Waals surface area contributed by atoms with Gasteiger partial charge in [0.25, 0.3) is 0 Å². The van der Waals surface area contributed by atoms with E-state index in [9.17, 15) is 0 Å². The van der Waals surface area contributed by atoms with Crippen molar-refractivity contribution in [3.63, 3.8) is 0 Å². The third-order valence-corrected chi connectivity index (χ3v) is 3.02. The highest BCUT2D eigenvalue weighted by atomic mass is 16.3. The van der Waals surface area contributed by atoms with Crippen molar-refractivity contribution in [1.29, 1.82) is 0 Å². The molecule has 0 radical (unpaired) electrons. The van der Waals surface area contributed by atoms with E-state index in [0.717, 1.165) is 25.3 Å². The Balaban J connectivity index is 1.86. The SMILES string of the molecule is CCCc1ccc(CNCc2ccco2)n1C. The molecule has 0 fully saturated rings. The Morgan fingerprint density at radius 2 is 2.00 bits per heavy atom. The van der Waals surface area contributed by atoms with Crippen LogP contribution in [0.15, 0.2) is 34.9 Å². The average molecular weight is 232 g/mol. The van der Waals surface area contributed by atoms with Gasteiger partial charge in [-0.05, 0) is 30.7 Å². The molecule has 1 N–H and O–H groups in total. The van der Waals surface area contributed by atoms with Crippen LogP contribution in [0, 0.1) is 0 Å². The van der Waals surface area contributed by atoms with Crippen molar-refractivity contribution in [1.82, 2.24) is 9.88 Å². The van der Waals surface area contributed by atoms with Crippen LogP contribution in [0.1, 0.15) is 30.5 Å². The van der Waals surface area contributed by atoms with Gasteiger partial charge in [0.15, 0.2) is 0 Å². The van der Waals surface area contributed by atoms with Gasteiger partial charge in [-0.2, -0.15) is 0 Å². The maximum atomic E-state index is 5.28. The summed E-state index contributed by atoms with van der Waals surface area (Å²) in [4.78, 5) is 0. The van der Waals surface area contributed by atoms with E-state index in [1.165, 1.54) is 17.8 Å². The van der Waals surface area contributed by atoms with Crippen LogP contribution in [0.2, 0.25) is 0 Å². The minimum absolute atomic E-state index is 0.779. The van der Waals surface area contributed by atoms with Crippen LogP contribution in [-0.2, 0) is 26.6 Å². The second-order valence-electron chi connectivity index (χ2n) is 4.31. The summed E-state index contributed by atoms with van der Waals surface area (Å²) >= 11 is 0. The van der Waals surface area contributed by atoms with Crippen molar-refractivity contribution < 1.29 is 4.42 Å². The standard InChI is InChI=1S/C14H20N2O/c1-3-5-12-7-8-13(16(12)2)10-15-11-14-6-4-9-17-14/h4,6-9,15H,3,5,10-11H2,1-2H3. The predicted octanol–water partition coefficient (Wildman–Crippen LogP) is 2.86. The molecule has 0 aliphatic rings. The first-order valence-electron chi connectivity index (χ1n) is 6.18. The fraction of sp³-hybridized carbons (Fsp3) is 0.429. The largest absolute Gasteiger partial charge is 0.468 e. The van der Waals surface area contributed by atoms with Gasteiger partial charge in [0.2, 0.25) is 0 Å². The van der Waals surface area contributed by atoms with Crippen LogP contribution >= 0.6 is 0 Å². The van der Waals surface area contributed by atoms with Crippen LogP contribution in [0.4, 0.5) is 0 Å². The highest BCUT2D eigenvalue weighted by Crippen LogP contribution is 2.09. The Bertz CT molecular complexity index is 443. The predicted molar refractivity (Wildman–Crippen MR) is 68.7 cm³/mol. The molecule has 2 heterocycles. The summed E-state index contributed by atoms with van der Waals surface area (Å²) in [6.45, 7) is 3.87. The minimum atomic E-state index is 0.779. The Kier molecular flexibility index (Phi) is 4.04. The van der Waals surface area contributed by atoms with Crippen molar-refractivity contribution in [2.24, 2.45) is 7.05 Å². The van der Waals surface area contributed by atoms with E-state index < -0.39 is 0 Å². The lowest BCUT2D eigenvalue weighted by atomic mass is 10.2. The van der Waals surface area contributed by atoms with Gasteiger partial charge in [0.1, 0.15) is 5.76 Å². The monoisotopic (exact) mass is 232 g/mol. The van der Waals surface area contributed by atoms with Crippen LogP contribution < -0.4 is 5.32 Å². The zero-order chi connectivity index (χ0) is 12.1. The lowest BCUT2D eigenvalue weighted by Gasteiger charge is -2.07. The molecule has 0 aromatic carbocycles. The molecule has 3 nitrogen and oxygen atoms in total. The van der Waals surface area contributed by atoms with Crippen LogP contribution in [0.5, 0.6) is 0 Å². The maximum Gasteiger partial charge on any atom is 0.117 e. The van der Waals surface area contributed by atoms with Gasteiger partial charge in [-0.25, -0.2) is 0 Å². The smallest absolute Gasteiger partial charge is 0.117 e. The summed E-state index contributed by atoms with van der Waals surface area (Å²) in [6.07, 6.45) is 4.05. The van der Waals surface area contributed by atoms with Crippen molar-refractivity contribution >= 4 is 0 Å². The molecular weight excluding hydrogens is 212 g/mol. The van der Waals surface area contributed by atoms with E-state index in [2.05, 4.69) is 36.0 Å². The maximum absolute atomic E-state index is 5.28. The summed E-state index contributed by atoms with van der Waals surface area (Å²) in [5.41, 5.74) is 2.72. The molecule has 0 aliphatic heterocycles. The van der Waals surface area contributed by atoms with Crippen LogP contribution in [-0.4, -0.2) is 4.57 Å². The summed E-state index contributed by atoms with van der Waals surface area (Å²) in [7, 11) is 2.13. The van der Waals surface area contributed by atoms with Gasteiger partial charge in [-0.3, -0.25) is 0 Å². The second-order valence-corrected chi connectivity index (χ2v) is 4.31. The highest BCUT2D eigenvalue weighted by Gasteiger charge is 2.03. The van der Waals surface area contributed by atoms with E-state index in [-0.39, 0.29) is 0 Å². The zero-order valence-electron chi connectivity index (χ0n) is 10.6. The number of aromatic nitrogens is 1. The molecule has 0 unspecified atom stereocenters. The van der Waals surface area contributed by atoms with Crippen LogP contribution in [0.25, 0.3) is 0 Å². The summed E-state index contributed by atoms with van der Waals surface area (Å²) < 4.78 is 7.55. The number of nitrogens with zero attached hydrogens (tertiary/aromatic N) is 1. The minimum Gasteiger partial charge on any atom is -0.468 e. The molecule has 0 bridgehead atoms. The Labute approximate surface area is 102 Å². The van der Waals surface area contributed by atoms with Crippen molar-refractivity contribution in [3.8, 4) is 0 Å². The Morgan fingerprint density at radius 3 is 2.71 bits per heavy atom. The third kappa shape index (κ3) is 3.01. The molecule has 2 aromatic heterocycles. The summed E-state index contributed by atoms with van der Waals surface area (Å²) in [5, 5.41) is 3.39. The molecule has 17 heavy (non-hydrogen) atoms. The molecule has 92 valence electrons. The van der Waals surface area contributed by atoms with Gasteiger partial charge in [0, 0.05) is 25.0 Å². The summed E-state index contributed by atoms with van der Waals surface area (Å²) in [6, 6.07) is 8.31. The lowest BCUT2D eigenvalue weighted by molar-refractivity contribution is 0.480. The molecule has 0 saturated heterocycles. The van der Waals surface area contributed by atoms with E-state index in [1.54, 1.807) is 6.26 Å². The number of furan rings is 1. The van der Waals surface area contributed by atoms with Gasteiger partial charge < -0.3 is 14.3 Å². The molecular formula is C14H20N2O. The van der Waals surface area contributed by atoms with Gasteiger partial charge >= 0.3 is 0 Å². The van der Waals surface area contributed by atoms with E-state index in [4.69, 9.17) is 4.42 Å². The molecule has 0 saturated carbocycles. The zero-order valence-corrected chi connectivity index (χ0v) is 10.6. The fourth-order valence-corrected chi connectivity index (χ4v) is 2.01. The first-order valence-corrected chi connectivity index (χ1v) is 6.18. The van der Waals surface area contributed by atoms with Crippen LogP contribution in [0.3, 0.4) is 0 Å². The first-order chi connectivity index (χ1) is 8.31. The van der Waals surface area contributed by atoms with Gasteiger partial charge in [-0.15, -0.1) is 0 Å². The lowest BCUT2D eigenvalue weighted by Crippen LogP contribution is -2.15. The number of rotatable bonds is 6. The molecule has 3 heteroatoms. The molecule has 0 spiro atoms. The Morgan fingerprint density at radius 1 is 1.18 bits per heavy atom. The molecule has 0 atom stereocenters. The number of hydrogen-bond donors (Lipinski definition) is 1.